The molecule has 1 saturated heterocycles. The number of halogens is 8. The molecule has 3 aromatic rings. The quantitative estimate of drug-likeness (QED) is 0.326. The van der Waals surface area contributed by atoms with E-state index in [0.717, 1.165) is 17.3 Å². The van der Waals surface area contributed by atoms with Gasteiger partial charge in [0.25, 0.3) is 0 Å². The third-order valence-electron chi connectivity index (χ3n) is 8.13. The maximum atomic E-state index is 13.7. The van der Waals surface area contributed by atoms with Crippen molar-refractivity contribution < 1.29 is 30.7 Å². The van der Waals surface area contributed by atoms with Crippen LogP contribution in [-0.2, 0) is 19.3 Å². The fraction of sp³-hybridized carbons (Fsp3) is 0.500. The Morgan fingerprint density at radius 2 is 1.62 bits per heavy atom. The van der Waals surface area contributed by atoms with Crippen molar-refractivity contribution in [3.8, 4) is 5.69 Å². The molecule has 4 heterocycles. The molecule has 0 unspecified atom stereocenters. The van der Waals surface area contributed by atoms with Gasteiger partial charge in [0.2, 0.25) is 0 Å². The summed E-state index contributed by atoms with van der Waals surface area (Å²) in [7, 11) is 0. The first-order chi connectivity index (χ1) is 18.9. The number of rotatable bonds is 3. The van der Waals surface area contributed by atoms with Crippen LogP contribution in [0.5, 0.6) is 0 Å². The number of fused-ring (bicyclic) bond motifs is 3. The predicted molar refractivity (Wildman–Crippen MR) is 132 cm³/mol. The predicted octanol–water partition coefficient (Wildman–Crippen LogP) is 6.51. The lowest BCUT2D eigenvalue weighted by molar-refractivity contribution is -0.207. The minimum absolute atomic E-state index is 0.0341. The van der Waals surface area contributed by atoms with Gasteiger partial charge in [-0.3, -0.25) is 9.47 Å². The van der Waals surface area contributed by atoms with Crippen molar-refractivity contribution in [1.29, 1.82) is 0 Å². The zero-order valence-corrected chi connectivity index (χ0v) is 21.7. The molecule has 2 aromatic heterocycles. The number of anilines is 1. The van der Waals surface area contributed by atoms with E-state index in [1.54, 1.807) is 11.0 Å². The minimum Gasteiger partial charge on any atom is -0.357 e. The minimum atomic E-state index is -4.89. The molecule has 14 heteroatoms. The van der Waals surface area contributed by atoms with E-state index in [1.807, 2.05) is 21.6 Å². The highest BCUT2D eigenvalue weighted by Crippen LogP contribution is 2.45. The summed E-state index contributed by atoms with van der Waals surface area (Å²) < 4.78 is 94.6. The fourth-order valence-electron chi connectivity index (χ4n) is 5.90. The standard InChI is InChI=1S/C26H24ClF7N6/c27-17-1-3-20-15(9-17)12-39(18-10-16(11-18)25(29,30)31)13-22-36-37-24(40(20)22)14-5-7-38(8-6-14)21-4-2-19(28)23(35-21)26(32,33)34/h1-4,9,14,16,18H,5-8,10-13H2. The van der Waals surface area contributed by atoms with Crippen LogP contribution in [0.15, 0.2) is 30.3 Å². The Morgan fingerprint density at radius 3 is 2.30 bits per heavy atom. The van der Waals surface area contributed by atoms with E-state index in [2.05, 4.69) is 15.2 Å². The Hall–Kier alpha value is -2.93. The molecule has 0 atom stereocenters. The van der Waals surface area contributed by atoms with Gasteiger partial charge in [0.15, 0.2) is 17.3 Å². The molecule has 0 bridgehead atoms. The normalized spacial score (nSPS) is 22.4. The molecule has 3 aliphatic rings. The number of hydrogen-bond donors (Lipinski definition) is 0. The first kappa shape index (κ1) is 27.3. The van der Waals surface area contributed by atoms with Gasteiger partial charge in [0.05, 0.1) is 18.2 Å². The van der Waals surface area contributed by atoms with Crippen LogP contribution >= 0.6 is 11.6 Å². The van der Waals surface area contributed by atoms with Crippen molar-refractivity contribution in [2.24, 2.45) is 5.92 Å². The second-order valence-corrected chi connectivity index (χ2v) is 11.0. The van der Waals surface area contributed by atoms with Crippen LogP contribution in [-0.4, -0.2) is 50.0 Å². The summed E-state index contributed by atoms with van der Waals surface area (Å²) >= 11 is 6.29. The van der Waals surface area contributed by atoms with Gasteiger partial charge in [-0.2, -0.15) is 26.3 Å². The van der Waals surface area contributed by atoms with E-state index in [-0.39, 0.29) is 30.6 Å². The Kier molecular flexibility index (Phi) is 6.72. The fourth-order valence-corrected chi connectivity index (χ4v) is 6.09. The van der Waals surface area contributed by atoms with Crippen LogP contribution in [0.3, 0.4) is 0 Å². The highest BCUT2D eigenvalue weighted by molar-refractivity contribution is 6.30. The largest absolute Gasteiger partial charge is 0.436 e. The Bertz CT molecular complexity index is 1410. The summed E-state index contributed by atoms with van der Waals surface area (Å²) in [4.78, 5) is 7.22. The lowest BCUT2D eigenvalue weighted by atomic mass is 9.78. The first-order valence-corrected chi connectivity index (χ1v) is 13.3. The second kappa shape index (κ2) is 9.86. The number of aromatic nitrogens is 4. The van der Waals surface area contributed by atoms with E-state index in [0.29, 0.717) is 55.7 Å². The molecule has 40 heavy (non-hydrogen) atoms. The van der Waals surface area contributed by atoms with Crippen molar-refractivity contribution in [2.45, 2.75) is 63.1 Å². The molecule has 2 aliphatic heterocycles. The van der Waals surface area contributed by atoms with Crippen LogP contribution in [0.1, 0.15) is 54.5 Å². The average Bonchev–Trinajstić information content (AvgIpc) is 3.18. The van der Waals surface area contributed by atoms with E-state index in [9.17, 15) is 30.7 Å². The summed E-state index contributed by atoms with van der Waals surface area (Å²) in [6.45, 7) is 1.50. The van der Waals surface area contributed by atoms with Gasteiger partial charge < -0.3 is 4.90 Å². The molecule has 1 saturated carbocycles. The number of hydrogen-bond acceptors (Lipinski definition) is 5. The monoisotopic (exact) mass is 588 g/mol. The third kappa shape index (κ3) is 5.02. The van der Waals surface area contributed by atoms with Crippen LogP contribution < -0.4 is 4.90 Å². The van der Waals surface area contributed by atoms with Crippen LogP contribution in [0, 0.1) is 11.7 Å². The van der Waals surface area contributed by atoms with Gasteiger partial charge in [-0.25, -0.2) is 9.37 Å². The van der Waals surface area contributed by atoms with E-state index >= 15 is 0 Å². The van der Waals surface area contributed by atoms with Gasteiger partial charge in [0.1, 0.15) is 11.6 Å². The smallest absolute Gasteiger partial charge is 0.357 e. The number of benzene rings is 1. The highest BCUT2D eigenvalue weighted by Gasteiger charge is 2.50. The van der Waals surface area contributed by atoms with Crippen LogP contribution in [0.25, 0.3) is 5.69 Å². The first-order valence-electron chi connectivity index (χ1n) is 12.9. The van der Waals surface area contributed by atoms with Gasteiger partial charge in [-0.15, -0.1) is 10.2 Å². The van der Waals surface area contributed by atoms with Crippen LogP contribution in [0.4, 0.5) is 36.6 Å². The summed E-state index contributed by atoms with van der Waals surface area (Å²) in [5, 5.41) is 9.40. The molecule has 0 radical (unpaired) electrons. The zero-order chi connectivity index (χ0) is 28.4. The summed E-state index contributed by atoms with van der Waals surface area (Å²) in [5.41, 5.74) is 0.129. The van der Waals surface area contributed by atoms with Gasteiger partial charge >= 0.3 is 12.4 Å². The number of alkyl halides is 6. The van der Waals surface area contributed by atoms with Crippen molar-refractivity contribution in [2.75, 3.05) is 18.0 Å². The lowest BCUT2D eigenvalue weighted by Crippen LogP contribution is -2.48. The molecule has 1 aliphatic carbocycles. The molecule has 6 rings (SSSR count). The summed E-state index contributed by atoms with van der Waals surface area (Å²) in [6.07, 6.45) is -7.95. The molecule has 214 valence electrons. The van der Waals surface area contributed by atoms with Crippen molar-refractivity contribution in [1.82, 2.24) is 24.6 Å². The van der Waals surface area contributed by atoms with Gasteiger partial charge in [0, 0.05) is 36.6 Å². The van der Waals surface area contributed by atoms with Crippen molar-refractivity contribution in [3.05, 3.63) is 64.1 Å². The second-order valence-electron chi connectivity index (χ2n) is 10.6. The third-order valence-corrected chi connectivity index (χ3v) is 8.37. The van der Waals surface area contributed by atoms with Gasteiger partial charge in [-0.1, -0.05) is 11.6 Å². The van der Waals surface area contributed by atoms with Gasteiger partial charge in [-0.05, 0) is 61.6 Å². The molecule has 2 fully saturated rings. The maximum absolute atomic E-state index is 13.7. The Balaban J connectivity index is 1.24. The Labute approximate surface area is 229 Å². The van der Waals surface area contributed by atoms with E-state index < -0.39 is 29.8 Å². The SMILES string of the molecule is Fc1ccc(N2CCC(c3nnc4n3-c3ccc(Cl)cc3CN(C3CC(C(F)(F)F)C3)C4)CC2)nc1C(F)(F)F. The number of nitrogens with zero attached hydrogens (tertiary/aromatic N) is 6. The van der Waals surface area contributed by atoms with Crippen molar-refractivity contribution >= 4 is 17.4 Å². The number of piperidine rings is 1. The molecule has 0 spiro atoms. The molecule has 0 amide bonds. The zero-order valence-electron chi connectivity index (χ0n) is 21.0. The lowest BCUT2D eigenvalue weighted by Gasteiger charge is -2.43. The Morgan fingerprint density at radius 1 is 0.900 bits per heavy atom. The van der Waals surface area contributed by atoms with E-state index in [4.69, 9.17) is 11.6 Å². The molecule has 1 aromatic carbocycles. The molecule has 6 nitrogen and oxygen atoms in total. The average molecular weight is 589 g/mol. The highest BCUT2D eigenvalue weighted by atomic mass is 35.5. The molecule has 0 N–H and O–H groups in total. The topological polar surface area (TPSA) is 50.1 Å². The maximum Gasteiger partial charge on any atom is 0.436 e. The summed E-state index contributed by atoms with van der Waals surface area (Å²) in [6, 6.07) is 7.19. The molecular formula is C26H24ClF7N6. The van der Waals surface area contributed by atoms with E-state index in [1.165, 1.54) is 6.07 Å². The van der Waals surface area contributed by atoms with Crippen LogP contribution in [0.2, 0.25) is 5.02 Å². The summed E-state index contributed by atoms with van der Waals surface area (Å²) in [5.74, 6) is -1.44. The number of pyridine rings is 1. The van der Waals surface area contributed by atoms with Crippen molar-refractivity contribution in [3.63, 3.8) is 0 Å². The molecular weight excluding hydrogens is 565 g/mol.